The second kappa shape index (κ2) is 5.94. The smallest absolute Gasteiger partial charge is 0.333 e. The summed E-state index contributed by atoms with van der Waals surface area (Å²) in [6, 6.07) is 5.31. The number of nitrogen functional groups attached to an aromatic ring is 1. The average molecular weight is 235 g/mol. The number of benzene rings is 1. The summed E-state index contributed by atoms with van der Waals surface area (Å²) >= 11 is 0. The molecule has 1 aromatic rings. The van der Waals surface area contributed by atoms with Crippen molar-refractivity contribution in [2.24, 2.45) is 0 Å². The normalized spacial score (nSPS) is 11.1. The Labute approximate surface area is 101 Å². The largest absolute Gasteiger partial charge is 0.497 e. The van der Waals surface area contributed by atoms with Crippen LogP contribution in [0.15, 0.2) is 23.8 Å². The minimum Gasteiger partial charge on any atom is -0.497 e. The molecule has 0 aromatic heterocycles. The first-order valence-corrected chi connectivity index (χ1v) is 5.37. The summed E-state index contributed by atoms with van der Waals surface area (Å²) < 4.78 is 9.94. The molecule has 92 valence electrons. The highest BCUT2D eigenvalue weighted by atomic mass is 16.5. The van der Waals surface area contributed by atoms with Crippen molar-refractivity contribution >= 4 is 17.7 Å². The van der Waals surface area contributed by atoms with Crippen molar-refractivity contribution in [2.45, 2.75) is 13.8 Å². The van der Waals surface area contributed by atoms with Crippen molar-refractivity contribution in [3.63, 3.8) is 0 Å². The number of hydrogen-bond donors (Lipinski definition) is 1. The molecule has 0 aliphatic rings. The van der Waals surface area contributed by atoms with Gasteiger partial charge in [0.25, 0.3) is 0 Å². The first kappa shape index (κ1) is 13.1. The van der Waals surface area contributed by atoms with Gasteiger partial charge in [-0.05, 0) is 37.6 Å². The molecule has 0 bridgehead atoms. The fraction of sp³-hybridized carbons (Fsp3) is 0.308. The van der Waals surface area contributed by atoms with Gasteiger partial charge in [0, 0.05) is 17.3 Å². The summed E-state index contributed by atoms with van der Waals surface area (Å²) in [4.78, 5) is 11.4. The molecule has 0 saturated carbocycles. The molecule has 0 unspecified atom stereocenters. The monoisotopic (exact) mass is 235 g/mol. The highest BCUT2D eigenvalue weighted by Crippen LogP contribution is 2.21. The van der Waals surface area contributed by atoms with E-state index in [2.05, 4.69) is 0 Å². The summed E-state index contributed by atoms with van der Waals surface area (Å²) in [5.41, 5.74) is 7.70. The van der Waals surface area contributed by atoms with E-state index in [9.17, 15) is 4.79 Å². The van der Waals surface area contributed by atoms with Crippen LogP contribution in [0.3, 0.4) is 0 Å². The van der Waals surface area contributed by atoms with Crippen LogP contribution >= 0.6 is 0 Å². The SMILES string of the molecule is CCOC(=O)C(C)=Cc1ccc(OC)cc1N. The minimum atomic E-state index is -0.331. The van der Waals surface area contributed by atoms with E-state index < -0.39 is 0 Å². The quantitative estimate of drug-likeness (QED) is 0.494. The molecular weight excluding hydrogens is 218 g/mol. The fourth-order valence-electron chi connectivity index (χ4n) is 1.35. The second-order valence-corrected chi connectivity index (χ2v) is 3.54. The summed E-state index contributed by atoms with van der Waals surface area (Å²) in [7, 11) is 1.58. The molecule has 0 atom stereocenters. The van der Waals surface area contributed by atoms with Gasteiger partial charge in [-0.3, -0.25) is 0 Å². The van der Waals surface area contributed by atoms with Crippen LogP contribution in [0.2, 0.25) is 0 Å². The first-order chi connectivity index (χ1) is 8.08. The average Bonchev–Trinajstić information content (AvgIpc) is 2.31. The van der Waals surface area contributed by atoms with Gasteiger partial charge in [-0.15, -0.1) is 0 Å². The Bertz CT molecular complexity index is 438. The lowest BCUT2D eigenvalue weighted by Gasteiger charge is -2.06. The predicted molar refractivity (Wildman–Crippen MR) is 67.7 cm³/mol. The second-order valence-electron chi connectivity index (χ2n) is 3.54. The van der Waals surface area contributed by atoms with Crippen LogP contribution in [-0.2, 0) is 9.53 Å². The van der Waals surface area contributed by atoms with Gasteiger partial charge in [0.1, 0.15) is 5.75 Å². The van der Waals surface area contributed by atoms with Crippen LogP contribution in [-0.4, -0.2) is 19.7 Å². The molecular formula is C13H17NO3. The van der Waals surface area contributed by atoms with E-state index in [0.29, 0.717) is 23.6 Å². The van der Waals surface area contributed by atoms with Crippen LogP contribution in [0.1, 0.15) is 19.4 Å². The highest BCUT2D eigenvalue weighted by Gasteiger charge is 2.06. The first-order valence-electron chi connectivity index (χ1n) is 5.37. The molecule has 1 aromatic carbocycles. The Morgan fingerprint density at radius 2 is 2.18 bits per heavy atom. The third-order valence-corrected chi connectivity index (χ3v) is 2.26. The van der Waals surface area contributed by atoms with Gasteiger partial charge in [-0.1, -0.05) is 0 Å². The zero-order valence-corrected chi connectivity index (χ0v) is 10.3. The Kier molecular flexibility index (Phi) is 4.57. The fourth-order valence-corrected chi connectivity index (χ4v) is 1.35. The van der Waals surface area contributed by atoms with Gasteiger partial charge in [-0.2, -0.15) is 0 Å². The molecule has 0 saturated heterocycles. The van der Waals surface area contributed by atoms with E-state index in [4.69, 9.17) is 15.2 Å². The molecule has 4 heteroatoms. The molecule has 0 aliphatic carbocycles. The number of esters is 1. The molecule has 0 radical (unpaired) electrons. The molecule has 0 fully saturated rings. The van der Waals surface area contributed by atoms with E-state index in [-0.39, 0.29) is 5.97 Å². The maximum Gasteiger partial charge on any atom is 0.333 e. The van der Waals surface area contributed by atoms with Gasteiger partial charge in [-0.25, -0.2) is 4.79 Å². The van der Waals surface area contributed by atoms with E-state index in [1.54, 1.807) is 45.2 Å². The van der Waals surface area contributed by atoms with Crippen molar-refractivity contribution < 1.29 is 14.3 Å². The van der Waals surface area contributed by atoms with Crippen LogP contribution in [0, 0.1) is 0 Å². The van der Waals surface area contributed by atoms with E-state index in [1.165, 1.54) is 0 Å². The lowest BCUT2D eigenvalue weighted by Crippen LogP contribution is -2.05. The predicted octanol–water partition coefficient (Wildman–Crippen LogP) is 2.24. The molecule has 1 rings (SSSR count). The van der Waals surface area contributed by atoms with Gasteiger partial charge < -0.3 is 15.2 Å². The van der Waals surface area contributed by atoms with E-state index >= 15 is 0 Å². The van der Waals surface area contributed by atoms with E-state index in [0.717, 1.165) is 5.56 Å². The van der Waals surface area contributed by atoms with Crippen molar-refractivity contribution in [1.82, 2.24) is 0 Å². The van der Waals surface area contributed by atoms with Gasteiger partial charge in [0.05, 0.1) is 13.7 Å². The Morgan fingerprint density at radius 1 is 1.47 bits per heavy atom. The molecule has 0 aliphatic heterocycles. The molecule has 2 N–H and O–H groups in total. The standard InChI is InChI=1S/C13H17NO3/c1-4-17-13(15)9(2)7-10-5-6-11(16-3)8-12(10)14/h5-8H,4,14H2,1-3H3. The minimum absolute atomic E-state index is 0.331. The molecule has 17 heavy (non-hydrogen) atoms. The van der Waals surface area contributed by atoms with Crippen LogP contribution in [0.25, 0.3) is 6.08 Å². The number of ether oxygens (including phenoxy) is 2. The highest BCUT2D eigenvalue weighted by molar-refractivity contribution is 5.94. The Morgan fingerprint density at radius 3 is 2.71 bits per heavy atom. The number of nitrogens with two attached hydrogens (primary N) is 1. The number of carbonyl (C=O) groups is 1. The van der Waals surface area contributed by atoms with Crippen molar-refractivity contribution in [2.75, 3.05) is 19.5 Å². The zero-order chi connectivity index (χ0) is 12.8. The van der Waals surface area contributed by atoms with Crippen LogP contribution < -0.4 is 10.5 Å². The third kappa shape index (κ3) is 3.52. The number of carbonyl (C=O) groups excluding carboxylic acids is 1. The van der Waals surface area contributed by atoms with Crippen molar-refractivity contribution in [3.05, 3.63) is 29.3 Å². The lowest BCUT2D eigenvalue weighted by atomic mass is 10.1. The summed E-state index contributed by atoms with van der Waals surface area (Å²) in [6.07, 6.45) is 1.70. The van der Waals surface area contributed by atoms with E-state index in [1.807, 2.05) is 0 Å². The summed E-state index contributed by atoms with van der Waals surface area (Å²) in [6.45, 7) is 3.83. The third-order valence-electron chi connectivity index (χ3n) is 2.26. The number of rotatable bonds is 4. The molecule has 0 heterocycles. The van der Waals surface area contributed by atoms with Gasteiger partial charge in [0.15, 0.2) is 0 Å². The number of methoxy groups -OCH3 is 1. The Hall–Kier alpha value is -1.97. The summed E-state index contributed by atoms with van der Waals surface area (Å²) in [5, 5.41) is 0. The molecule has 0 spiro atoms. The summed E-state index contributed by atoms with van der Waals surface area (Å²) in [5.74, 6) is 0.358. The number of anilines is 1. The van der Waals surface area contributed by atoms with Gasteiger partial charge >= 0.3 is 5.97 Å². The topological polar surface area (TPSA) is 61.5 Å². The Balaban J connectivity index is 2.94. The number of hydrogen-bond acceptors (Lipinski definition) is 4. The van der Waals surface area contributed by atoms with Crippen molar-refractivity contribution in [1.29, 1.82) is 0 Å². The maximum atomic E-state index is 11.4. The zero-order valence-electron chi connectivity index (χ0n) is 10.3. The maximum absolute atomic E-state index is 11.4. The molecule has 4 nitrogen and oxygen atoms in total. The lowest BCUT2D eigenvalue weighted by molar-refractivity contribution is -0.138. The van der Waals surface area contributed by atoms with Crippen LogP contribution in [0.4, 0.5) is 5.69 Å². The molecule has 0 amide bonds. The van der Waals surface area contributed by atoms with Crippen LogP contribution in [0.5, 0.6) is 5.75 Å². The van der Waals surface area contributed by atoms with Gasteiger partial charge in [0.2, 0.25) is 0 Å². The van der Waals surface area contributed by atoms with Crippen molar-refractivity contribution in [3.8, 4) is 5.75 Å².